The number of halogens is 1. The third-order valence-electron chi connectivity index (χ3n) is 2.90. The Bertz CT molecular complexity index is 484. The van der Waals surface area contributed by atoms with Gasteiger partial charge in [-0.25, -0.2) is 4.79 Å². The molecule has 1 aliphatic rings. The Kier molecular flexibility index (Phi) is 3.98. The van der Waals surface area contributed by atoms with Gasteiger partial charge in [0.2, 0.25) is 5.91 Å². The molecule has 1 amide bonds. The normalized spacial score (nSPS) is 18.6. The zero-order valence-electron chi connectivity index (χ0n) is 9.57. The number of benzene rings is 1. The Morgan fingerprint density at radius 3 is 2.83 bits per heavy atom. The second-order valence-corrected chi connectivity index (χ2v) is 5.09. The molecule has 1 fully saturated rings. The number of anilines is 1. The lowest BCUT2D eigenvalue weighted by atomic mass is 10.1. The maximum absolute atomic E-state index is 11.9. The second kappa shape index (κ2) is 5.49. The van der Waals surface area contributed by atoms with E-state index in [1.165, 1.54) is 6.07 Å². The van der Waals surface area contributed by atoms with Gasteiger partial charge in [0.25, 0.3) is 0 Å². The van der Waals surface area contributed by atoms with Gasteiger partial charge in [-0.3, -0.25) is 4.79 Å². The van der Waals surface area contributed by atoms with Gasteiger partial charge in [0.05, 0.1) is 17.2 Å². The molecule has 0 saturated carbocycles. The van der Waals surface area contributed by atoms with Gasteiger partial charge < -0.3 is 15.7 Å². The van der Waals surface area contributed by atoms with Crippen LogP contribution in [0.3, 0.4) is 0 Å². The average Bonchev–Trinajstić information content (AvgIpc) is 2.84. The Hall–Kier alpha value is -1.40. The minimum atomic E-state index is -1.06. The van der Waals surface area contributed by atoms with Crippen molar-refractivity contribution in [1.82, 2.24) is 5.32 Å². The summed E-state index contributed by atoms with van der Waals surface area (Å²) in [5.74, 6) is -1.28. The van der Waals surface area contributed by atoms with Crippen molar-refractivity contribution in [3.8, 4) is 0 Å². The zero-order chi connectivity index (χ0) is 13.1. The predicted molar refractivity (Wildman–Crippen MR) is 70.7 cm³/mol. The lowest BCUT2D eigenvalue weighted by molar-refractivity contribution is -0.119. The van der Waals surface area contributed by atoms with Crippen molar-refractivity contribution in [3.63, 3.8) is 0 Å². The first-order chi connectivity index (χ1) is 8.58. The summed E-state index contributed by atoms with van der Waals surface area (Å²) in [6.07, 6.45) is 0.783. The molecule has 1 aromatic carbocycles. The number of carboxylic acids is 1. The molecule has 1 heterocycles. The van der Waals surface area contributed by atoms with Crippen LogP contribution in [0, 0.1) is 5.92 Å². The number of amides is 1. The first kappa shape index (κ1) is 13.0. The molecule has 1 aromatic rings. The summed E-state index contributed by atoms with van der Waals surface area (Å²) in [7, 11) is 0. The number of hydrogen-bond donors (Lipinski definition) is 3. The molecule has 1 atom stereocenters. The highest BCUT2D eigenvalue weighted by Gasteiger charge is 2.23. The van der Waals surface area contributed by atoms with Gasteiger partial charge in [-0.15, -0.1) is 0 Å². The third kappa shape index (κ3) is 2.88. The SMILES string of the molecule is O=C(O)c1cc(Br)ccc1NC(=O)C1CCNC1. The average molecular weight is 313 g/mol. The van der Waals surface area contributed by atoms with Gasteiger partial charge in [-0.05, 0) is 31.2 Å². The first-order valence-electron chi connectivity index (χ1n) is 5.62. The van der Waals surface area contributed by atoms with E-state index >= 15 is 0 Å². The Morgan fingerprint density at radius 1 is 1.44 bits per heavy atom. The van der Waals surface area contributed by atoms with E-state index < -0.39 is 5.97 Å². The molecule has 0 radical (unpaired) electrons. The molecule has 96 valence electrons. The van der Waals surface area contributed by atoms with Crippen LogP contribution in [0.5, 0.6) is 0 Å². The topological polar surface area (TPSA) is 78.4 Å². The van der Waals surface area contributed by atoms with Crippen molar-refractivity contribution in [2.24, 2.45) is 5.92 Å². The van der Waals surface area contributed by atoms with E-state index in [2.05, 4.69) is 26.6 Å². The summed E-state index contributed by atoms with van der Waals surface area (Å²) in [6.45, 7) is 1.47. The predicted octanol–water partition coefficient (Wildman–Crippen LogP) is 1.70. The molecule has 1 aliphatic heterocycles. The van der Waals surface area contributed by atoms with Crippen LogP contribution < -0.4 is 10.6 Å². The number of rotatable bonds is 3. The molecule has 1 unspecified atom stereocenters. The quantitative estimate of drug-likeness (QED) is 0.793. The molecule has 5 nitrogen and oxygen atoms in total. The zero-order valence-corrected chi connectivity index (χ0v) is 11.2. The van der Waals surface area contributed by atoms with Crippen LogP contribution in [0.2, 0.25) is 0 Å². The summed E-state index contributed by atoms with van der Waals surface area (Å²) in [5.41, 5.74) is 0.422. The summed E-state index contributed by atoms with van der Waals surface area (Å²) in [6, 6.07) is 4.77. The van der Waals surface area contributed by atoms with Crippen molar-refractivity contribution < 1.29 is 14.7 Å². The van der Waals surface area contributed by atoms with E-state index in [1.807, 2.05) is 0 Å². The van der Waals surface area contributed by atoms with Crippen molar-refractivity contribution >= 4 is 33.5 Å². The Balaban J connectivity index is 2.17. The highest BCUT2D eigenvalue weighted by molar-refractivity contribution is 9.10. The maximum atomic E-state index is 11.9. The van der Waals surface area contributed by atoms with E-state index in [4.69, 9.17) is 5.11 Å². The lowest BCUT2D eigenvalue weighted by Gasteiger charge is -2.12. The molecule has 3 N–H and O–H groups in total. The standard InChI is InChI=1S/C12H13BrN2O3/c13-8-1-2-10(9(5-8)12(17)18)15-11(16)7-3-4-14-6-7/h1-2,5,7,14H,3-4,6H2,(H,15,16)(H,17,18). The van der Waals surface area contributed by atoms with Crippen LogP contribution in [-0.4, -0.2) is 30.1 Å². The smallest absolute Gasteiger partial charge is 0.337 e. The molecule has 18 heavy (non-hydrogen) atoms. The fourth-order valence-corrected chi connectivity index (χ4v) is 2.28. The van der Waals surface area contributed by atoms with Crippen molar-refractivity contribution in [3.05, 3.63) is 28.2 Å². The minimum absolute atomic E-state index is 0.0867. The largest absolute Gasteiger partial charge is 0.478 e. The number of hydrogen-bond acceptors (Lipinski definition) is 3. The highest BCUT2D eigenvalue weighted by atomic mass is 79.9. The molecular formula is C12H13BrN2O3. The van der Waals surface area contributed by atoms with E-state index in [0.29, 0.717) is 16.7 Å². The number of carboxylic acid groups (broad SMARTS) is 1. The molecule has 0 spiro atoms. The van der Waals surface area contributed by atoms with Crippen LogP contribution in [0.15, 0.2) is 22.7 Å². The molecule has 0 aromatic heterocycles. The van der Waals surface area contributed by atoms with E-state index in [-0.39, 0.29) is 17.4 Å². The Labute approximate surface area is 113 Å². The van der Waals surface area contributed by atoms with Gasteiger partial charge in [-0.1, -0.05) is 15.9 Å². The molecule has 6 heteroatoms. The third-order valence-corrected chi connectivity index (χ3v) is 3.39. The number of nitrogens with one attached hydrogen (secondary N) is 2. The van der Waals surface area contributed by atoms with Crippen LogP contribution in [-0.2, 0) is 4.79 Å². The lowest BCUT2D eigenvalue weighted by Crippen LogP contribution is -2.25. The number of carbonyl (C=O) groups is 2. The van der Waals surface area contributed by atoms with Gasteiger partial charge in [0.15, 0.2) is 0 Å². The van der Waals surface area contributed by atoms with Gasteiger partial charge >= 0.3 is 5.97 Å². The number of aromatic carboxylic acids is 1. The Morgan fingerprint density at radius 2 is 2.22 bits per heavy atom. The fourth-order valence-electron chi connectivity index (χ4n) is 1.92. The van der Waals surface area contributed by atoms with E-state index in [9.17, 15) is 9.59 Å². The fraction of sp³-hybridized carbons (Fsp3) is 0.333. The van der Waals surface area contributed by atoms with Crippen LogP contribution in [0.4, 0.5) is 5.69 Å². The van der Waals surface area contributed by atoms with Gasteiger partial charge in [-0.2, -0.15) is 0 Å². The molecule has 0 aliphatic carbocycles. The van der Waals surface area contributed by atoms with E-state index in [1.54, 1.807) is 12.1 Å². The summed E-state index contributed by atoms with van der Waals surface area (Å²) in [5, 5.41) is 14.9. The molecule has 0 bridgehead atoms. The highest BCUT2D eigenvalue weighted by Crippen LogP contribution is 2.22. The maximum Gasteiger partial charge on any atom is 0.337 e. The van der Waals surface area contributed by atoms with E-state index in [0.717, 1.165) is 13.0 Å². The van der Waals surface area contributed by atoms with Gasteiger partial charge in [0, 0.05) is 11.0 Å². The molecular weight excluding hydrogens is 300 g/mol. The summed E-state index contributed by atoms with van der Waals surface area (Å²) < 4.78 is 0.667. The molecule has 1 saturated heterocycles. The first-order valence-corrected chi connectivity index (χ1v) is 6.41. The van der Waals surface area contributed by atoms with Crippen molar-refractivity contribution in [1.29, 1.82) is 0 Å². The molecule has 2 rings (SSSR count). The van der Waals surface area contributed by atoms with Crippen molar-refractivity contribution in [2.75, 3.05) is 18.4 Å². The summed E-state index contributed by atoms with van der Waals surface area (Å²) in [4.78, 5) is 23.0. The number of carbonyl (C=O) groups excluding carboxylic acids is 1. The van der Waals surface area contributed by atoms with Crippen LogP contribution in [0.25, 0.3) is 0 Å². The van der Waals surface area contributed by atoms with Crippen LogP contribution in [0.1, 0.15) is 16.8 Å². The van der Waals surface area contributed by atoms with Gasteiger partial charge in [0.1, 0.15) is 0 Å². The second-order valence-electron chi connectivity index (χ2n) is 4.17. The van der Waals surface area contributed by atoms with Crippen LogP contribution >= 0.6 is 15.9 Å². The van der Waals surface area contributed by atoms with Crippen molar-refractivity contribution in [2.45, 2.75) is 6.42 Å². The summed E-state index contributed by atoms with van der Waals surface area (Å²) >= 11 is 3.21. The minimum Gasteiger partial charge on any atom is -0.478 e. The monoisotopic (exact) mass is 312 g/mol.